The Bertz CT molecular complexity index is 974. The van der Waals surface area contributed by atoms with Crippen molar-refractivity contribution < 1.29 is 24.5 Å². The number of carbonyl (C=O) groups is 2. The molecule has 0 unspecified atom stereocenters. The number of hydrogen-bond donors (Lipinski definition) is 3. The van der Waals surface area contributed by atoms with Crippen molar-refractivity contribution in [2.45, 2.75) is 0 Å². The number of benzene rings is 2. The zero-order chi connectivity index (χ0) is 19.6. The molecule has 0 aromatic heterocycles. The minimum atomic E-state index is -0.574. The largest absolute Gasteiger partial charge is 0.508 e. The molecule has 2 aromatic carbocycles. The topological polar surface area (TPSA) is 99.1 Å². The second kappa shape index (κ2) is 7.68. The molecule has 0 atom stereocenters. The second-order valence-corrected chi connectivity index (χ2v) is 7.12. The third-order valence-corrected chi connectivity index (χ3v) is 4.92. The van der Waals surface area contributed by atoms with Gasteiger partial charge in [-0.2, -0.15) is 5.01 Å². The van der Waals surface area contributed by atoms with Gasteiger partial charge in [0, 0.05) is 5.56 Å². The Morgan fingerprint density at radius 3 is 2.74 bits per heavy atom. The highest BCUT2D eigenvalue weighted by Gasteiger charge is 2.33. The molecule has 2 amide bonds. The Morgan fingerprint density at radius 1 is 1.26 bits per heavy atom. The maximum Gasteiger partial charge on any atom is 0.285 e. The third kappa shape index (κ3) is 4.04. The fraction of sp³-hybridized carbons (Fsp3) is 0.0556. The molecule has 0 radical (unpaired) electrons. The molecule has 3 N–H and O–H groups in total. The molecule has 138 valence electrons. The maximum atomic E-state index is 12.6. The van der Waals surface area contributed by atoms with Crippen molar-refractivity contribution >= 4 is 46.2 Å². The lowest BCUT2D eigenvalue weighted by molar-refractivity contribution is -0.123. The fourth-order valence-corrected chi connectivity index (χ4v) is 3.49. The molecule has 1 saturated heterocycles. The summed E-state index contributed by atoms with van der Waals surface area (Å²) >= 11 is 6.21. The Morgan fingerprint density at radius 2 is 2.04 bits per heavy atom. The van der Waals surface area contributed by atoms with Gasteiger partial charge in [0.15, 0.2) is 15.8 Å². The van der Waals surface area contributed by atoms with Crippen molar-refractivity contribution in [3.63, 3.8) is 0 Å². The number of thiocarbonyl (C=S) groups is 1. The summed E-state index contributed by atoms with van der Waals surface area (Å²) in [6.45, 7) is 0. The molecule has 7 nitrogen and oxygen atoms in total. The molecule has 1 fully saturated rings. The van der Waals surface area contributed by atoms with Gasteiger partial charge in [-0.15, -0.1) is 0 Å². The summed E-state index contributed by atoms with van der Waals surface area (Å²) in [4.78, 5) is 25.2. The number of ether oxygens (including phenoxy) is 1. The Hall–Kier alpha value is -3.04. The van der Waals surface area contributed by atoms with E-state index in [1.165, 1.54) is 37.4 Å². The average molecular weight is 402 g/mol. The molecule has 0 bridgehead atoms. The van der Waals surface area contributed by atoms with E-state index in [1.807, 2.05) is 0 Å². The van der Waals surface area contributed by atoms with Crippen molar-refractivity contribution in [1.29, 1.82) is 0 Å². The average Bonchev–Trinajstić information content (AvgIpc) is 2.90. The molecule has 27 heavy (non-hydrogen) atoms. The summed E-state index contributed by atoms with van der Waals surface area (Å²) in [5, 5.41) is 20.1. The van der Waals surface area contributed by atoms with Crippen LogP contribution in [-0.2, 0) is 4.79 Å². The van der Waals surface area contributed by atoms with Crippen LogP contribution in [0.25, 0.3) is 6.08 Å². The molecule has 1 aliphatic heterocycles. The van der Waals surface area contributed by atoms with Crippen molar-refractivity contribution in [2.24, 2.45) is 0 Å². The predicted octanol–water partition coefficient (Wildman–Crippen LogP) is 2.65. The molecule has 9 heteroatoms. The lowest BCUT2D eigenvalue weighted by atomic mass is 10.2. The van der Waals surface area contributed by atoms with Crippen LogP contribution >= 0.6 is 24.0 Å². The highest BCUT2D eigenvalue weighted by atomic mass is 32.2. The van der Waals surface area contributed by atoms with Crippen molar-refractivity contribution in [1.82, 2.24) is 10.4 Å². The first-order valence-electron chi connectivity index (χ1n) is 7.64. The number of carbonyl (C=O) groups excluding carboxylic acids is 2. The smallest absolute Gasteiger partial charge is 0.285 e. The molecule has 0 saturated carbocycles. The number of hydrazine groups is 1. The standard InChI is InChI=1S/C18H14N2O5S2/c1-25-14-7-10(5-6-13(14)22)8-15-17(24)20(18(26)27-15)19-16(23)11-3-2-4-12(21)9-11/h2-9,21-22H,1H3,(H,19,23)/b15-8+. The van der Waals surface area contributed by atoms with Gasteiger partial charge < -0.3 is 14.9 Å². The van der Waals surface area contributed by atoms with E-state index in [9.17, 15) is 19.8 Å². The normalized spacial score (nSPS) is 15.3. The lowest BCUT2D eigenvalue weighted by Gasteiger charge is -2.15. The summed E-state index contributed by atoms with van der Waals surface area (Å²) in [6.07, 6.45) is 1.59. The minimum Gasteiger partial charge on any atom is -0.508 e. The highest BCUT2D eigenvalue weighted by Crippen LogP contribution is 2.33. The van der Waals surface area contributed by atoms with E-state index >= 15 is 0 Å². The maximum absolute atomic E-state index is 12.6. The first-order valence-corrected chi connectivity index (χ1v) is 8.86. The summed E-state index contributed by atoms with van der Waals surface area (Å²) < 4.78 is 5.22. The fourth-order valence-electron chi connectivity index (χ4n) is 2.31. The quantitative estimate of drug-likeness (QED) is 0.534. The number of nitrogens with one attached hydrogen (secondary N) is 1. The van der Waals surface area contributed by atoms with Crippen LogP contribution in [0, 0.1) is 0 Å². The van der Waals surface area contributed by atoms with Gasteiger partial charge in [0.25, 0.3) is 11.8 Å². The first kappa shape index (κ1) is 18.7. The van der Waals surface area contributed by atoms with Crippen LogP contribution in [0.2, 0.25) is 0 Å². The van der Waals surface area contributed by atoms with Crippen molar-refractivity contribution in [2.75, 3.05) is 7.11 Å². The molecular formula is C18H14N2O5S2. The van der Waals surface area contributed by atoms with E-state index in [1.54, 1.807) is 18.2 Å². The van der Waals surface area contributed by atoms with Gasteiger partial charge in [-0.25, -0.2) is 0 Å². The third-order valence-electron chi connectivity index (χ3n) is 3.62. The number of phenols is 2. The van der Waals surface area contributed by atoms with Crippen molar-refractivity contribution in [3.05, 3.63) is 58.5 Å². The molecular weight excluding hydrogens is 388 g/mol. The Labute approximate surface area is 164 Å². The van der Waals surface area contributed by atoms with Gasteiger partial charge in [0.1, 0.15) is 5.75 Å². The number of nitrogens with zero attached hydrogens (tertiary/aromatic N) is 1. The number of aromatic hydroxyl groups is 2. The van der Waals surface area contributed by atoms with Crippen LogP contribution in [0.15, 0.2) is 47.4 Å². The zero-order valence-corrected chi connectivity index (χ0v) is 15.6. The van der Waals surface area contributed by atoms with Gasteiger partial charge >= 0.3 is 0 Å². The molecule has 3 rings (SSSR count). The molecule has 0 spiro atoms. The number of phenolic OH excluding ortho intramolecular Hbond substituents is 2. The zero-order valence-electron chi connectivity index (χ0n) is 14.0. The summed E-state index contributed by atoms with van der Waals surface area (Å²) in [5.41, 5.74) is 3.26. The summed E-state index contributed by atoms with van der Waals surface area (Å²) in [7, 11) is 1.43. The van der Waals surface area contributed by atoms with Crippen LogP contribution in [0.3, 0.4) is 0 Å². The van der Waals surface area contributed by atoms with E-state index < -0.39 is 11.8 Å². The van der Waals surface area contributed by atoms with Crippen LogP contribution < -0.4 is 10.2 Å². The molecule has 2 aromatic rings. The van der Waals surface area contributed by atoms with Gasteiger partial charge in [-0.3, -0.25) is 15.0 Å². The van der Waals surface area contributed by atoms with Gasteiger partial charge in [0.05, 0.1) is 12.0 Å². The number of thioether (sulfide) groups is 1. The SMILES string of the molecule is COc1cc(/C=C2/SC(=S)N(NC(=O)c3cccc(O)c3)C2=O)ccc1O. The number of methoxy groups -OCH3 is 1. The van der Waals surface area contributed by atoms with E-state index in [-0.39, 0.29) is 27.1 Å². The van der Waals surface area contributed by atoms with Crippen molar-refractivity contribution in [3.8, 4) is 17.2 Å². The molecule has 1 aliphatic rings. The number of amides is 2. The van der Waals surface area contributed by atoms with Crippen LogP contribution in [0.4, 0.5) is 0 Å². The first-order chi connectivity index (χ1) is 12.9. The van der Waals surface area contributed by atoms with Crippen LogP contribution in [0.1, 0.15) is 15.9 Å². The summed E-state index contributed by atoms with van der Waals surface area (Å²) in [6, 6.07) is 10.4. The van der Waals surface area contributed by atoms with E-state index in [0.717, 1.165) is 16.8 Å². The monoisotopic (exact) mass is 402 g/mol. The van der Waals surface area contributed by atoms with E-state index in [0.29, 0.717) is 10.5 Å². The predicted molar refractivity (Wildman–Crippen MR) is 105 cm³/mol. The minimum absolute atomic E-state index is 0.0134. The van der Waals surface area contributed by atoms with Gasteiger partial charge in [0.2, 0.25) is 0 Å². The second-order valence-electron chi connectivity index (χ2n) is 5.44. The highest BCUT2D eigenvalue weighted by molar-refractivity contribution is 8.26. The van der Waals surface area contributed by atoms with Crippen LogP contribution in [0.5, 0.6) is 17.2 Å². The Balaban J connectivity index is 1.79. The van der Waals surface area contributed by atoms with Gasteiger partial charge in [-0.05, 0) is 54.2 Å². The van der Waals surface area contributed by atoms with E-state index in [4.69, 9.17) is 17.0 Å². The number of rotatable bonds is 4. The lowest BCUT2D eigenvalue weighted by Crippen LogP contribution is -2.44. The number of hydrogen-bond acceptors (Lipinski definition) is 7. The molecule has 1 heterocycles. The summed E-state index contributed by atoms with van der Waals surface area (Å²) in [5.74, 6) is -0.855. The van der Waals surface area contributed by atoms with E-state index in [2.05, 4.69) is 5.43 Å². The van der Waals surface area contributed by atoms with Crippen LogP contribution in [-0.4, -0.2) is 38.5 Å². The Kier molecular flexibility index (Phi) is 5.33. The molecule has 0 aliphatic carbocycles. The van der Waals surface area contributed by atoms with Gasteiger partial charge in [-0.1, -0.05) is 23.9 Å².